The van der Waals surface area contributed by atoms with Crippen molar-refractivity contribution in [3.05, 3.63) is 193 Å². The summed E-state index contributed by atoms with van der Waals surface area (Å²) in [5, 5.41) is 28.1. The van der Waals surface area contributed by atoms with Crippen molar-refractivity contribution in [3.63, 3.8) is 0 Å². The maximum atomic E-state index is 9.70. The number of fused-ring (bicyclic) bond motifs is 6. The van der Waals surface area contributed by atoms with E-state index < -0.39 is 0 Å². The number of hydrogen-bond acceptors (Lipinski definition) is 8. The van der Waals surface area contributed by atoms with Crippen LogP contribution in [0.15, 0.2) is 202 Å². The van der Waals surface area contributed by atoms with Crippen LogP contribution in [0, 0.1) is 0 Å². The van der Waals surface area contributed by atoms with Crippen molar-refractivity contribution in [3.8, 4) is 45.3 Å². The van der Waals surface area contributed by atoms with Crippen molar-refractivity contribution in [2.45, 2.75) is 32.8 Å². The second-order valence-corrected chi connectivity index (χ2v) is 18.3. The highest BCUT2D eigenvalue weighted by Crippen LogP contribution is 2.51. The third-order valence-corrected chi connectivity index (χ3v) is 14.5. The molecule has 324 valence electrons. The molecule has 2 N–H and O–H groups in total. The number of ether oxygens (including phenoxy) is 4. The van der Waals surface area contributed by atoms with Crippen molar-refractivity contribution in [2.24, 2.45) is 0 Å². The lowest BCUT2D eigenvalue weighted by Crippen LogP contribution is -2.04. The molecule has 0 amide bonds. The van der Waals surface area contributed by atoms with Crippen molar-refractivity contribution < 1.29 is 29.2 Å². The smallest absolute Gasteiger partial charge is 0.128 e. The van der Waals surface area contributed by atoms with E-state index in [2.05, 4.69) is 146 Å². The lowest BCUT2D eigenvalue weighted by Gasteiger charge is -2.22. The maximum Gasteiger partial charge on any atom is 0.128 e. The highest BCUT2D eigenvalue weighted by atomic mass is 32.2. The summed E-state index contributed by atoms with van der Waals surface area (Å²) in [4.78, 5) is 4.79. The Morgan fingerprint density at radius 3 is 0.970 bits per heavy atom. The average molecular weight is 901 g/mol. The molecule has 66 heavy (non-hydrogen) atoms. The molecule has 0 atom stereocenters. The van der Waals surface area contributed by atoms with E-state index >= 15 is 0 Å². The Hall–Kier alpha value is -6.94. The Balaban J connectivity index is 0.857. The van der Waals surface area contributed by atoms with Crippen LogP contribution in [0.3, 0.4) is 0 Å². The predicted molar refractivity (Wildman–Crippen MR) is 269 cm³/mol. The summed E-state index contributed by atoms with van der Waals surface area (Å²) in [5.74, 6) is 2.94. The van der Waals surface area contributed by atoms with Gasteiger partial charge >= 0.3 is 0 Å². The van der Waals surface area contributed by atoms with Crippen LogP contribution in [-0.4, -0.2) is 36.6 Å². The Bertz CT molecular complexity index is 3210. The molecule has 0 spiro atoms. The molecule has 0 aliphatic carbocycles. The zero-order chi connectivity index (χ0) is 44.4. The summed E-state index contributed by atoms with van der Waals surface area (Å²) in [6.07, 6.45) is 0. The summed E-state index contributed by atoms with van der Waals surface area (Å²) < 4.78 is 25.9. The zero-order valence-corrected chi connectivity index (χ0v) is 37.5. The molecule has 8 heteroatoms. The van der Waals surface area contributed by atoms with Gasteiger partial charge in [0, 0.05) is 41.8 Å². The second-order valence-electron chi connectivity index (χ2n) is 16.1. The van der Waals surface area contributed by atoms with Gasteiger partial charge in [0.1, 0.15) is 49.4 Å². The van der Waals surface area contributed by atoms with Gasteiger partial charge in [0.25, 0.3) is 0 Å². The number of aliphatic hydroxyl groups excluding tert-OH is 2. The number of benzene rings is 10. The van der Waals surface area contributed by atoms with E-state index in [0.717, 1.165) is 88.0 Å². The van der Waals surface area contributed by atoms with Gasteiger partial charge in [-0.1, -0.05) is 157 Å². The normalized spacial score (nSPS) is 12.0. The van der Waals surface area contributed by atoms with Gasteiger partial charge in [-0.15, -0.1) is 0 Å². The third-order valence-electron chi connectivity index (χ3n) is 12.0. The number of aliphatic hydroxyl groups is 2. The Kier molecular flexibility index (Phi) is 11.7. The molecule has 0 saturated carbocycles. The molecule has 1 aliphatic rings. The van der Waals surface area contributed by atoms with Crippen LogP contribution in [-0.2, 0) is 13.2 Å². The van der Waals surface area contributed by atoms with Crippen molar-refractivity contribution in [1.29, 1.82) is 0 Å². The summed E-state index contributed by atoms with van der Waals surface area (Å²) in [6.45, 7) is 0.996. The molecular formula is C58H44O6S2. The molecule has 0 radical (unpaired) electrons. The number of rotatable bonds is 14. The van der Waals surface area contributed by atoms with Gasteiger partial charge in [0.05, 0.1) is 13.2 Å². The molecular weight excluding hydrogens is 857 g/mol. The van der Waals surface area contributed by atoms with Crippen LogP contribution in [0.2, 0.25) is 0 Å². The zero-order valence-electron chi connectivity index (χ0n) is 35.9. The summed E-state index contributed by atoms with van der Waals surface area (Å²) in [6, 6.07) is 63.0. The first kappa shape index (κ1) is 41.7. The minimum Gasteiger partial charge on any atom is -0.491 e. The predicted octanol–water partition coefficient (Wildman–Crippen LogP) is 14.1. The van der Waals surface area contributed by atoms with Gasteiger partial charge in [0.2, 0.25) is 0 Å². The fourth-order valence-electron chi connectivity index (χ4n) is 9.00. The monoisotopic (exact) mass is 900 g/mol. The minimum absolute atomic E-state index is 0.0786. The van der Waals surface area contributed by atoms with E-state index in [4.69, 9.17) is 18.9 Å². The standard InChI is InChI=1S/C58H44O6S2/c59-29-31-61-47-23-19-39-9-1-5-13-43(39)55(47)57-45-15-7-3-11-41(45)21-25-49(57)63-35-37-17-27-51-53(33-37)65-52-28-18-38(34-54(52)66-51)36-64-50-26-22-42-12-4-8-16-46(42)58(50)56-44-14-6-2-10-40(44)20-24-48(56)62-32-30-60/h1-28,33-34,59-60H,29-32,35-36H2. The van der Waals surface area contributed by atoms with Crippen LogP contribution in [0.25, 0.3) is 65.3 Å². The van der Waals surface area contributed by atoms with Gasteiger partial charge in [-0.2, -0.15) is 0 Å². The van der Waals surface area contributed by atoms with Crippen LogP contribution in [0.1, 0.15) is 11.1 Å². The van der Waals surface area contributed by atoms with Gasteiger partial charge < -0.3 is 29.2 Å². The number of hydrogen-bond donors (Lipinski definition) is 2. The largest absolute Gasteiger partial charge is 0.491 e. The topological polar surface area (TPSA) is 77.4 Å². The first-order chi connectivity index (χ1) is 32.6. The third kappa shape index (κ3) is 8.07. The molecule has 10 aromatic rings. The van der Waals surface area contributed by atoms with E-state index in [-0.39, 0.29) is 26.4 Å². The fourth-order valence-corrected chi connectivity index (χ4v) is 11.3. The molecule has 0 unspecified atom stereocenters. The van der Waals surface area contributed by atoms with Crippen molar-refractivity contribution in [1.82, 2.24) is 0 Å². The van der Waals surface area contributed by atoms with E-state index in [1.54, 1.807) is 23.5 Å². The maximum absolute atomic E-state index is 9.70. The quantitative estimate of drug-likeness (QED) is 0.112. The van der Waals surface area contributed by atoms with Crippen LogP contribution < -0.4 is 18.9 Å². The van der Waals surface area contributed by atoms with Crippen LogP contribution in [0.5, 0.6) is 23.0 Å². The average Bonchev–Trinajstić information content (AvgIpc) is 3.37. The second kappa shape index (κ2) is 18.5. The molecule has 1 aliphatic heterocycles. The van der Waals surface area contributed by atoms with E-state index in [0.29, 0.717) is 24.7 Å². The lowest BCUT2D eigenvalue weighted by molar-refractivity contribution is 0.202. The summed E-state index contributed by atoms with van der Waals surface area (Å²) >= 11 is 3.56. The first-order valence-electron chi connectivity index (χ1n) is 22.1. The van der Waals surface area contributed by atoms with E-state index in [9.17, 15) is 10.2 Å². The highest BCUT2D eigenvalue weighted by Gasteiger charge is 2.23. The molecule has 6 nitrogen and oxygen atoms in total. The Morgan fingerprint density at radius 1 is 0.318 bits per heavy atom. The van der Waals surface area contributed by atoms with E-state index in [1.165, 1.54) is 19.6 Å². The van der Waals surface area contributed by atoms with E-state index in [1.807, 2.05) is 36.4 Å². The Morgan fingerprint density at radius 2 is 0.636 bits per heavy atom. The molecule has 10 aromatic carbocycles. The van der Waals surface area contributed by atoms with Crippen LogP contribution in [0.4, 0.5) is 0 Å². The summed E-state index contributed by atoms with van der Waals surface area (Å²) in [7, 11) is 0. The molecule has 0 saturated heterocycles. The van der Waals surface area contributed by atoms with Gasteiger partial charge in [-0.05, 0) is 103 Å². The Labute approximate surface area is 391 Å². The van der Waals surface area contributed by atoms with Gasteiger partial charge in [-0.25, -0.2) is 0 Å². The van der Waals surface area contributed by atoms with Gasteiger partial charge in [0.15, 0.2) is 0 Å². The molecule has 0 bridgehead atoms. The molecule has 1 heterocycles. The fraction of sp³-hybridized carbons (Fsp3) is 0.103. The minimum atomic E-state index is -0.0786. The SMILES string of the molecule is OCCOc1ccc2ccccc2c1-c1c(OCc2ccc3c(c2)Sc2ccc(COc4ccc5ccccc5c4-c4c(OCCO)ccc5ccccc45)cc2S3)ccc2ccccc12. The lowest BCUT2D eigenvalue weighted by atomic mass is 9.92. The summed E-state index contributed by atoms with van der Waals surface area (Å²) in [5.41, 5.74) is 5.99. The van der Waals surface area contributed by atoms with Crippen molar-refractivity contribution in [2.75, 3.05) is 26.4 Å². The molecule has 0 aromatic heterocycles. The highest BCUT2D eigenvalue weighted by molar-refractivity contribution is 8.05. The van der Waals surface area contributed by atoms with Crippen molar-refractivity contribution >= 4 is 66.6 Å². The van der Waals surface area contributed by atoms with Gasteiger partial charge in [-0.3, -0.25) is 0 Å². The molecule has 0 fully saturated rings. The molecule has 11 rings (SSSR count). The first-order valence-corrected chi connectivity index (χ1v) is 23.7. The van der Waals surface area contributed by atoms with Crippen LogP contribution >= 0.6 is 23.5 Å².